The van der Waals surface area contributed by atoms with E-state index in [9.17, 15) is 4.79 Å². The first-order valence-electron chi connectivity index (χ1n) is 4.48. The van der Waals surface area contributed by atoms with E-state index in [0.717, 1.165) is 0 Å². The van der Waals surface area contributed by atoms with Crippen molar-refractivity contribution in [2.24, 2.45) is 5.73 Å². The van der Waals surface area contributed by atoms with Gasteiger partial charge < -0.3 is 15.2 Å². The molecule has 0 spiro atoms. The molecule has 1 aromatic heterocycles. The number of nitrogens with two attached hydrogens (primary N) is 1. The smallest absolute Gasteiger partial charge is 0.276 e. The molecule has 0 aliphatic rings. The molecule has 0 fully saturated rings. The first-order valence-corrected chi connectivity index (χ1v) is 4.89. The number of amides is 1. The standard InChI is InChI=1S/C9H13N3O2S/c1-6(5-8(10)15)12(2)9(13)7-3-4-14-11-7/h3-4,6H,5H2,1-2H3,(H2,10,15). The van der Waals surface area contributed by atoms with Gasteiger partial charge in [0, 0.05) is 25.6 Å². The molecule has 15 heavy (non-hydrogen) atoms. The molecule has 1 aromatic rings. The van der Waals surface area contributed by atoms with Crippen LogP contribution in [0.4, 0.5) is 0 Å². The van der Waals surface area contributed by atoms with Gasteiger partial charge in [-0.25, -0.2) is 0 Å². The molecule has 0 aliphatic heterocycles. The first kappa shape index (κ1) is 11.6. The van der Waals surface area contributed by atoms with Gasteiger partial charge in [0.2, 0.25) is 0 Å². The Labute approximate surface area is 93.2 Å². The van der Waals surface area contributed by atoms with E-state index in [-0.39, 0.29) is 17.6 Å². The van der Waals surface area contributed by atoms with E-state index in [4.69, 9.17) is 18.0 Å². The average molecular weight is 227 g/mol. The normalized spacial score (nSPS) is 12.1. The number of hydrogen-bond donors (Lipinski definition) is 1. The minimum atomic E-state index is -0.201. The van der Waals surface area contributed by atoms with E-state index in [1.807, 2.05) is 6.92 Å². The topological polar surface area (TPSA) is 72.4 Å². The summed E-state index contributed by atoms with van der Waals surface area (Å²) in [7, 11) is 1.68. The maximum atomic E-state index is 11.7. The van der Waals surface area contributed by atoms with E-state index < -0.39 is 0 Å². The van der Waals surface area contributed by atoms with Crippen LogP contribution in [0.3, 0.4) is 0 Å². The lowest BCUT2D eigenvalue weighted by Crippen LogP contribution is -2.37. The van der Waals surface area contributed by atoms with Crippen molar-refractivity contribution >= 4 is 23.1 Å². The maximum Gasteiger partial charge on any atom is 0.276 e. The molecule has 1 amide bonds. The predicted molar refractivity (Wildman–Crippen MR) is 59.5 cm³/mol. The van der Waals surface area contributed by atoms with Crippen molar-refractivity contribution in [3.63, 3.8) is 0 Å². The van der Waals surface area contributed by atoms with Crippen LogP contribution >= 0.6 is 12.2 Å². The zero-order valence-electron chi connectivity index (χ0n) is 8.64. The average Bonchev–Trinajstić information content (AvgIpc) is 2.67. The van der Waals surface area contributed by atoms with Crippen molar-refractivity contribution in [1.82, 2.24) is 10.1 Å². The molecular weight excluding hydrogens is 214 g/mol. The fourth-order valence-electron chi connectivity index (χ4n) is 1.13. The Morgan fingerprint density at radius 2 is 2.47 bits per heavy atom. The minimum absolute atomic E-state index is 0.0494. The van der Waals surface area contributed by atoms with Crippen LogP contribution in [0.25, 0.3) is 0 Å². The van der Waals surface area contributed by atoms with Crippen molar-refractivity contribution < 1.29 is 9.32 Å². The summed E-state index contributed by atoms with van der Waals surface area (Å²) in [6.07, 6.45) is 1.86. The van der Waals surface area contributed by atoms with Gasteiger partial charge >= 0.3 is 0 Å². The zero-order valence-corrected chi connectivity index (χ0v) is 9.45. The second-order valence-electron chi connectivity index (χ2n) is 3.32. The molecule has 0 aliphatic carbocycles. The van der Waals surface area contributed by atoms with Crippen LogP contribution in [0.5, 0.6) is 0 Å². The molecule has 0 saturated heterocycles. The largest absolute Gasteiger partial charge is 0.393 e. The third-order valence-corrected chi connectivity index (χ3v) is 2.30. The summed E-state index contributed by atoms with van der Waals surface area (Å²) < 4.78 is 4.60. The van der Waals surface area contributed by atoms with Gasteiger partial charge in [-0.2, -0.15) is 0 Å². The van der Waals surface area contributed by atoms with Crippen LogP contribution in [-0.4, -0.2) is 34.0 Å². The number of rotatable bonds is 4. The van der Waals surface area contributed by atoms with E-state index in [0.29, 0.717) is 11.4 Å². The Bertz CT molecular complexity index is 350. The number of carbonyl (C=O) groups is 1. The third-order valence-electron chi connectivity index (χ3n) is 2.14. The predicted octanol–water partition coefficient (Wildman–Crippen LogP) is 0.811. The van der Waals surface area contributed by atoms with Crippen LogP contribution in [0.2, 0.25) is 0 Å². The minimum Gasteiger partial charge on any atom is -0.393 e. The highest BCUT2D eigenvalue weighted by Gasteiger charge is 2.19. The van der Waals surface area contributed by atoms with Crippen LogP contribution in [0, 0.1) is 0 Å². The maximum absolute atomic E-state index is 11.7. The van der Waals surface area contributed by atoms with Gasteiger partial charge in [0.1, 0.15) is 6.26 Å². The van der Waals surface area contributed by atoms with Crippen molar-refractivity contribution in [1.29, 1.82) is 0 Å². The van der Waals surface area contributed by atoms with Crippen LogP contribution in [-0.2, 0) is 0 Å². The van der Waals surface area contributed by atoms with Crippen LogP contribution < -0.4 is 5.73 Å². The Morgan fingerprint density at radius 3 is 2.93 bits per heavy atom. The molecular formula is C9H13N3O2S. The summed E-state index contributed by atoms with van der Waals surface area (Å²) in [6.45, 7) is 1.87. The van der Waals surface area contributed by atoms with Gasteiger partial charge in [-0.15, -0.1) is 0 Å². The zero-order chi connectivity index (χ0) is 11.4. The van der Waals surface area contributed by atoms with Gasteiger partial charge in [-0.3, -0.25) is 4.79 Å². The molecule has 0 saturated carbocycles. The monoisotopic (exact) mass is 227 g/mol. The molecule has 0 aromatic carbocycles. The molecule has 0 radical (unpaired) electrons. The van der Waals surface area contributed by atoms with Gasteiger partial charge in [-0.05, 0) is 6.92 Å². The van der Waals surface area contributed by atoms with E-state index in [1.54, 1.807) is 7.05 Å². The van der Waals surface area contributed by atoms with Gasteiger partial charge in [0.05, 0.1) is 4.99 Å². The fourth-order valence-corrected chi connectivity index (χ4v) is 1.37. The molecule has 2 N–H and O–H groups in total. The number of thiocarbonyl (C=S) groups is 1. The summed E-state index contributed by atoms with van der Waals surface area (Å²) in [4.78, 5) is 13.7. The number of hydrogen-bond acceptors (Lipinski definition) is 4. The summed E-state index contributed by atoms with van der Waals surface area (Å²) in [5, 5.41) is 3.57. The quantitative estimate of drug-likeness (QED) is 0.771. The molecule has 0 bridgehead atoms. The molecule has 1 atom stereocenters. The lowest BCUT2D eigenvalue weighted by atomic mass is 10.2. The molecule has 1 unspecified atom stereocenters. The number of nitrogens with zero attached hydrogens (tertiary/aromatic N) is 2. The van der Waals surface area contributed by atoms with E-state index >= 15 is 0 Å². The van der Waals surface area contributed by atoms with Crippen molar-refractivity contribution in [3.05, 3.63) is 18.0 Å². The van der Waals surface area contributed by atoms with E-state index in [2.05, 4.69) is 9.68 Å². The summed E-state index contributed by atoms with van der Waals surface area (Å²) in [5.74, 6) is -0.201. The highest BCUT2D eigenvalue weighted by molar-refractivity contribution is 7.80. The van der Waals surface area contributed by atoms with Crippen LogP contribution in [0.15, 0.2) is 16.9 Å². The summed E-state index contributed by atoms with van der Waals surface area (Å²) >= 11 is 4.78. The van der Waals surface area contributed by atoms with Crippen LogP contribution in [0.1, 0.15) is 23.8 Å². The summed E-state index contributed by atoms with van der Waals surface area (Å²) in [6, 6.07) is 1.47. The molecule has 1 heterocycles. The Balaban J connectivity index is 2.64. The first-order chi connectivity index (χ1) is 7.02. The molecule has 82 valence electrons. The lowest BCUT2D eigenvalue weighted by Gasteiger charge is -2.23. The molecule has 1 rings (SSSR count). The number of carbonyl (C=O) groups excluding carboxylic acids is 1. The van der Waals surface area contributed by atoms with Gasteiger partial charge in [-0.1, -0.05) is 17.4 Å². The summed E-state index contributed by atoms with van der Waals surface area (Å²) in [5.41, 5.74) is 5.69. The lowest BCUT2D eigenvalue weighted by molar-refractivity contribution is 0.0737. The van der Waals surface area contributed by atoms with Crippen molar-refractivity contribution in [2.75, 3.05) is 7.05 Å². The van der Waals surface area contributed by atoms with Gasteiger partial charge in [0.15, 0.2) is 5.69 Å². The molecule has 5 nitrogen and oxygen atoms in total. The van der Waals surface area contributed by atoms with E-state index in [1.165, 1.54) is 17.2 Å². The fraction of sp³-hybridized carbons (Fsp3) is 0.444. The van der Waals surface area contributed by atoms with Gasteiger partial charge in [0.25, 0.3) is 5.91 Å². The second kappa shape index (κ2) is 4.88. The van der Waals surface area contributed by atoms with Crippen molar-refractivity contribution in [3.8, 4) is 0 Å². The third kappa shape index (κ3) is 3.02. The molecule has 6 heteroatoms. The Morgan fingerprint density at radius 1 is 1.80 bits per heavy atom. The number of aromatic nitrogens is 1. The SMILES string of the molecule is CC(CC(N)=S)N(C)C(=O)c1ccon1. The Hall–Kier alpha value is -1.43. The van der Waals surface area contributed by atoms with Crippen molar-refractivity contribution in [2.45, 2.75) is 19.4 Å². The highest BCUT2D eigenvalue weighted by Crippen LogP contribution is 2.07. The Kier molecular flexibility index (Phi) is 3.79. The highest BCUT2D eigenvalue weighted by atomic mass is 32.1. The second-order valence-corrected chi connectivity index (χ2v) is 3.84.